The molecule has 3 aromatic heterocycles. The molecule has 0 saturated carbocycles. The van der Waals surface area contributed by atoms with E-state index in [1.165, 1.54) is 0 Å². The first-order chi connectivity index (χ1) is 33.1. The summed E-state index contributed by atoms with van der Waals surface area (Å²) < 4.78 is 11.2. The summed E-state index contributed by atoms with van der Waals surface area (Å²) in [5, 5.41) is 14.7. The van der Waals surface area contributed by atoms with Crippen LogP contribution < -0.4 is 32.5 Å². The van der Waals surface area contributed by atoms with Crippen LogP contribution in [0.1, 0.15) is 22.7 Å². The quantitative estimate of drug-likeness (QED) is 0.102. The van der Waals surface area contributed by atoms with Gasteiger partial charge in [0.1, 0.15) is 11.6 Å². The number of rotatable bonds is 10. The van der Waals surface area contributed by atoms with Crippen LogP contribution >= 0.6 is 0 Å². The summed E-state index contributed by atoms with van der Waals surface area (Å²) in [6, 6.07) is 68.4. The van der Waals surface area contributed by atoms with E-state index in [2.05, 4.69) is 155 Å². The summed E-state index contributed by atoms with van der Waals surface area (Å²) in [7, 11) is 0. The molecule has 314 valence electrons. The number of oxazole rings is 1. The largest absolute Gasteiger partial charge is 0.447 e. The van der Waals surface area contributed by atoms with E-state index in [-0.39, 0.29) is 11.6 Å². The second kappa shape index (κ2) is 17.2. The number of aromatic nitrogens is 3. The third kappa shape index (κ3) is 6.93. The molecule has 11 rings (SSSR count). The molecule has 10 aromatic rings. The molecule has 0 N–H and O–H groups in total. The van der Waals surface area contributed by atoms with Gasteiger partial charge in [0.2, 0.25) is 5.89 Å². The van der Waals surface area contributed by atoms with Crippen LogP contribution in [-0.4, -0.2) is 33.3 Å². The molecule has 0 saturated heterocycles. The lowest BCUT2D eigenvalue weighted by Gasteiger charge is -2.24. The first-order valence-electron chi connectivity index (χ1n) is 22.3. The summed E-state index contributed by atoms with van der Waals surface area (Å²) in [6.07, 6.45) is 2.36. The molecule has 9 heteroatoms. The fourth-order valence-electron chi connectivity index (χ4n) is 9.97. The predicted octanol–water partition coefficient (Wildman–Crippen LogP) is 8.59. The lowest BCUT2D eigenvalue weighted by Crippen LogP contribution is -2.54. The Morgan fingerprint density at radius 3 is 1.76 bits per heavy atom. The predicted molar refractivity (Wildman–Crippen MR) is 275 cm³/mol. The Kier molecular flexibility index (Phi) is 10.5. The van der Waals surface area contributed by atoms with Crippen LogP contribution in [0, 0.1) is 24.8 Å². The van der Waals surface area contributed by atoms with Crippen LogP contribution in [-0.2, 0) is 6.42 Å². The van der Waals surface area contributed by atoms with Gasteiger partial charge in [-0.1, -0.05) is 204 Å². The van der Waals surface area contributed by atoms with Gasteiger partial charge >= 0.3 is 13.7 Å². The van der Waals surface area contributed by atoms with Crippen molar-refractivity contribution in [1.29, 1.82) is 5.26 Å². The molecular formula is C58H40B2N6O. The van der Waals surface area contributed by atoms with Crippen molar-refractivity contribution < 1.29 is 4.42 Å². The molecule has 0 radical (unpaired) electrons. The van der Waals surface area contributed by atoms with Crippen LogP contribution in [0.2, 0.25) is 0 Å². The SMILES string of the molecule is [C-]#[N+]/C(c1nc2ccccc2o1)=c1\c2c(C=C)n(B(c3ccccc3)c3ccccc3)/c(=C(/C#N)C3=Nc4ccccc4C3)c2c(-c2ccccc2C)n1B(c1ccccc1)c1ccccc1. The second-order valence-corrected chi connectivity index (χ2v) is 16.7. The molecular weight excluding hydrogens is 818 g/mol. The average Bonchev–Trinajstić information content (AvgIpc) is 4.16. The molecule has 4 heterocycles. The fraction of sp³-hybridized carbons (Fsp3) is 0.0345. The highest BCUT2D eigenvalue weighted by atomic mass is 16.3. The summed E-state index contributed by atoms with van der Waals surface area (Å²) in [5.41, 5.74) is 12.0. The maximum Gasteiger partial charge on any atom is 0.328 e. The number of hydrogen-bond acceptors (Lipinski definition) is 4. The Hall–Kier alpha value is -8.91. The Labute approximate surface area is 389 Å². The van der Waals surface area contributed by atoms with Crippen molar-refractivity contribution in [3.05, 3.63) is 246 Å². The van der Waals surface area contributed by atoms with Gasteiger partial charge in [0.15, 0.2) is 5.58 Å². The molecule has 7 nitrogen and oxygen atoms in total. The molecule has 1 aliphatic heterocycles. The highest BCUT2D eigenvalue weighted by Crippen LogP contribution is 2.35. The van der Waals surface area contributed by atoms with E-state index in [4.69, 9.17) is 14.4 Å². The van der Waals surface area contributed by atoms with Crippen LogP contribution in [0.25, 0.3) is 55.3 Å². The van der Waals surface area contributed by atoms with Gasteiger partial charge < -0.3 is 13.4 Å². The van der Waals surface area contributed by atoms with E-state index in [1.807, 2.05) is 78.9 Å². The third-order valence-corrected chi connectivity index (χ3v) is 12.8. The van der Waals surface area contributed by atoms with E-state index in [0.717, 1.165) is 66.4 Å². The Bertz CT molecular complexity index is 3670. The van der Waals surface area contributed by atoms with E-state index in [9.17, 15) is 11.8 Å². The van der Waals surface area contributed by atoms with E-state index in [0.29, 0.717) is 39.5 Å². The van der Waals surface area contributed by atoms with Crippen LogP contribution in [0.4, 0.5) is 5.69 Å². The molecule has 0 amide bonds. The minimum absolute atomic E-state index is 0.195. The number of nitriles is 1. The number of aliphatic imine (C=N–C) groups is 1. The Balaban J connectivity index is 1.47. The zero-order valence-electron chi connectivity index (χ0n) is 36.7. The van der Waals surface area contributed by atoms with Gasteiger partial charge in [0.05, 0.1) is 34.2 Å². The Morgan fingerprint density at radius 2 is 1.21 bits per heavy atom. The van der Waals surface area contributed by atoms with Crippen LogP contribution in [0.3, 0.4) is 0 Å². The van der Waals surface area contributed by atoms with E-state index < -0.39 is 13.7 Å². The standard InChI is InChI=1S/C58H40B2N6O/c1-4-50-52-53(56(46(38-61)49-37-40-24-18-20-34-47(40)63-49)65(50)59(41-25-9-5-10-26-41)42-27-11-6-12-28-42)55(45-33-19-17-23-39(45)2)66(60(43-29-13-7-14-30-43)44-31-15-8-16-32-44)57(52)54(62-3)58-64-48-35-21-22-36-51(48)67-58/h4-36H,1,37H2,2H3/b56-46-,57-54+. The normalized spacial score (nSPS) is 12.8. The maximum absolute atomic E-state index is 11.9. The topological polar surface area (TPSA) is 76.4 Å². The van der Waals surface area contributed by atoms with Gasteiger partial charge in [-0.2, -0.15) is 5.26 Å². The summed E-state index contributed by atoms with van der Waals surface area (Å²) >= 11 is 0. The minimum Gasteiger partial charge on any atom is -0.447 e. The van der Waals surface area contributed by atoms with Gasteiger partial charge in [-0.25, -0.2) is 9.83 Å². The van der Waals surface area contributed by atoms with Crippen molar-refractivity contribution in [1.82, 2.24) is 13.9 Å². The maximum atomic E-state index is 11.9. The first-order valence-corrected chi connectivity index (χ1v) is 22.3. The fourth-order valence-corrected chi connectivity index (χ4v) is 9.97. The average molecular weight is 859 g/mol. The molecule has 0 fully saturated rings. The smallest absolute Gasteiger partial charge is 0.328 e. The van der Waals surface area contributed by atoms with Gasteiger partial charge in [0, 0.05) is 34.1 Å². The highest BCUT2D eigenvalue weighted by molar-refractivity contribution is 6.85. The lowest BCUT2D eigenvalue weighted by molar-refractivity contribution is 0.584. The van der Waals surface area contributed by atoms with Gasteiger partial charge in [-0.05, 0) is 42.3 Å². The molecule has 0 atom stereocenters. The minimum atomic E-state index is -0.475. The second-order valence-electron chi connectivity index (χ2n) is 16.7. The number of fused-ring (bicyclic) bond motifs is 3. The van der Waals surface area contributed by atoms with Crippen molar-refractivity contribution >= 4 is 86.2 Å². The third-order valence-electron chi connectivity index (χ3n) is 12.8. The molecule has 0 aliphatic carbocycles. The number of para-hydroxylation sites is 3. The Morgan fingerprint density at radius 1 is 0.672 bits per heavy atom. The van der Waals surface area contributed by atoms with Gasteiger partial charge in [-0.15, -0.1) is 0 Å². The zero-order chi connectivity index (χ0) is 45.4. The lowest BCUT2D eigenvalue weighted by atomic mass is 9.50. The summed E-state index contributed by atoms with van der Waals surface area (Å²) in [6.45, 7) is 15.0. The van der Waals surface area contributed by atoms with Crippen molar-refractivity contribution in [3.63, 3.8) is 0 Å². The molecule has 1 aliphatic rings. The highest BCUT2D eigenvalue weighted by Gasteiger charge is 2.37. The van der Waals surface area contributed by atoms with Crippen molar-refractivity contribution in [2.45, 2.75) is 13.3 Å². The van der Waals surface area contributed by atoms with Crippen LogP contribution in [0.15, 0.2) is 210 Å². The van der Waals surface area contributed by atoms with E-state index >= 15 is 0 Å². The van der Waals surface area contributed by atoms with Crippen molar-refractivity contribution in [2.24, 2.45) is 4.99 Å². The van der Waals surface area contributed by atoms with Crippen LogP contribution in [0.5, 0.6) is 0 Å². The molecule has 67 heavy (non-hydrogen) atoms. The zero-order valence-corrected chi connectivity index (χ0v) is 36.7. The molecule has 7 aromatic carbocycles. The van der Waals surface area contributed by atoms with Crippen molar-refractivity contribution in [3.8, 4) is 17.3 Å². The number of hydrogen-bond donors (Lipinski definition) is 0. The first kappa shape index (κ1) is 40.8. The molecule has 0 bridgehead atoms. The number of aryl methyl sites for hydroxylation is 1. The number of nitrogens with zero attached hydrogens (tertiary/aromatic N) is 6. The van der Waals surface area contributed by atoms with Crippen molar-refractivity contribution in [2.75, 3.05) is 0 Å². The summed E-state index contributed by atoms with van der Waals surface area (Å²) in [4.78, 5) is 14.7. The number of benzene rings is 7. The van der Waals surface area contributed by atoms with Gasteiger partial charge in [0.25, 0.3) is 5.70 Å². The van der Waals surface area contributed by atoms with E-state index in [1.54, 1.807) is 0 Å². The summed E-state index contributed by atoms with van der Waals surface area (Å²) in [5.74, 6) is 0.195. The monoisotopic (exact) mass is 858 g/mol. The van der Waals surface area contributed by atoms with Gasteiger partial charge in [-0.3, -0.25) is 4.99 Å². The molecule has 0 unspecified atom stereocenters. The molecule has 0 spiro atoms.